The van der Waals surface area contributed by atoms with Crippen LogP contribution in [0.25, 0.3) is 11.3 Å². The molecule has 7 heteroatoms. The van der Waals surface area contributed by atoms with Crippen LogP contribution in [0.1, 0.15) is 27.9 Å². The molecule has 3 aromatic rings. The highest BCUT2D eigenvalue weighted by Gasteiger charge is 2.30. The van der Waals surface area contributed by atoms with Gasteiger partial charge in [-0.15, -0.1) is 0 Å². The molecule has 1 aliphatic heterocycles. The molecule has 0 aliphatic carbocycles. The van der Waals surface area contributed by atoms with Crippen molar-refractivity contribution in [3.63, 3.8) is 0 Å². The fraction of sp³-hybridized carbons (Fsp3) is 0.375. The number of aromatic nitrogens is 1. The Morgan fingerprint density at radius 2 is 1.55 bits per heavy atom. The molecular formula is C24H29N3O3S. The number of aryl methyl sites for hydroxylation is 4. The molecule has 1 aromatic heterocycles. The Hall–Kier alpha value is -2.64. The van der Waals surface area contributed by atoms with Gasteiger partial charge in [-0.2, -0.15) is 4.31 Å². The number of benzene rings is 2. The van der Waals surface area contributed by atoms with E-state index in [2.05, 4.69) is 42.1 Å². The van der Waals surface area contributed by atoms with E-state index in [0.717, 1.165) is 22.4 Å². The lowest BCUT2D eigenvalue weighted by Gasteiger charge is -2.36. The van der Waals surface area contributed by atoms with E-state index in [1.165, 1.54) is 16.8 Å². The Morgan fingerprint density at radius 3 is 2.19 bits per heavy atom. The summed E-state index contributed by atoms with van der Waals surface area (Å²) in [5, 5.41) is 4.01. The lowest BCUT2D eigenvalue weighted by atomic mass is 10.1. The first-order valence-electron chi connectivity index (χ1n) is 10.5. The highest BCUT2D eigenvalue weighted by Crippen LogP contribution is 2.31. The highest BCUT2D eigenvalue weighted by atomic mass is 32.2. The second-order valence-corrected chi connectivity index (χ2v) is 10.3. The summed E-state index contributed by atoms with van der Waals surface area (Å²) < 4.78 is 34.1. The van der Waals surface area contributed by atoms with E-state index in [-0.39, 0.29) is 0 Å². The average Bonchev–Trinajstić information content (AvgIpc) is 3.08. The zero-order chi connectivity index (χ0) is 22.3. The van der Waals surface area contributed by atoms with Crippen LogP contribution in [0.5, 0.6) is 0 Å². The second kappa shape index (κ2) is 8.13. The van der Waals surface area contributed by atoms with Crippen LogP contribution in [-0.4, -0.2) is 44.1 Å². The van der Waals surface area contributed by atoms with Crippen molar-refractivity contribution >= 4 is 15.7 Å². The molecule has 0 N–H and O–H groups in total. The standard InChI is InChI=1S/C24H29N3O3S/c1-16-6-7-17(2)22(14-16)26-10-12-27(13-11-26)31(28,29)23-15-21(9-8-18(23)3)24-19(4)20(5)25-30-24/h6-9,14-15H,10-13H2,1-5H3. The van der Waals surface area contributed by atoms with Crippen molar-refractivity contribution in [2.45, 2.75) is 39.5 Å². The second-order valence-electron chi connectivity index (χ2n) is 8.38. The van der Waals surface area contributed by atoms with Gasteiger partial charge >= 0.3 is 0 Å². The molecule has 6 nitrogen and oxygen atoms in total. The summed E-state index contributed by atoms with van der Waals surface area (Å²) in [6.07, 6.45) is 0. The molecule has 0 spiro atoms. The quantitative estimate of drug-likeness (QED) is 0.603. The molecule has 2 aromatic carbocycles. The van der Waals surface area contributed by atoms with Gasteiger partial charge in [-0.05, 0) is 63.4 Å². The first-order valence-corrected chi connectivity index (χ1v) is 12.0. The fourth-order valence-corrected chi connectivity index (χ4v) is 5.75. The number of hydrogen-bond acceptors (Lipinski definition) is 5. The number of sulfonamides is 1. The fourth-order valence-electron chi connectivity index (χ4n) is 4.07. The first kappa shape index (κ1) is 21.6. The minimum absolute atomic E-state index is 0.332. The maximum atomic E-state index is 13.5. The van der Waals surface area contributed by atoms with Crippen LogP contribution in [-0.2, 0) is 10.0 Å². The minimum atomic E-state index is -3.61. The van der Waals surface area contributed by atoms with Crippen molar-refractivity contribution in [3.8, 4) is 11.3 Å². The largest absolute Gasteiger partial charge is 0.369 e. The number of piperazine rings is 1. The van der Waals surface area contributed by atoms with Crippen LogP contribution in [0.15, 0.2) is 45.8 Å². The predicted molar refractivity (Wildman–Crippen MR) is 123 cm³/mol. The van der Waals surface area contributed by atoms with Crippen LogP contribution in [0, 0.1) is 34.6 Å². The van der Waals surface area contributed by atoms with Crippen LogP contribution < -0.4 is 4.90 Å². The van der Waals surface area contributed by atoms with Crippen LogP contribution >= 0.6 is 0 Å². The van der Waals surface area contributed by atoms with Gasteiger partial charge in [0.2, 0.25) is 10.0 Å². The Kier molecular flexibility index (Phi) is 5.66. The Labute approximate surface area is 184 Å². The number of nitrogens with zero attached hydrogens (tertiary/aromatic N) is 3. The van der Waals surface area contributed by atoms with Gasteiger partial charge in [-0.1, -0.05) is 29.4 Å². The van der Waals surface area contributed by atoms with Crippen molar-refractivity contribution in [2.24, 2.45) is 0 Å². The molecule has 0 amide bonds. The smallest absolute Gasteiger partial charge is 0.243 e. The Bertz CT molecular complexity index is 1220. The summed E-state index contributed by atoms with van der Waals surface area (Å²) in [5.74, 6) is 0.619. The maximum Gasteiger partial charge on any atom is 0.243 e. The van der Waals surface area contributed by atoms with Gasteiger partial charge in [-0.3, -0.25) is 0 Å². The summed E-state index contributed by atoms with van der Waals surface area (Å²) in [6.45, 7) is 12.1. The molecule has 1 aliphatic rings. The predicted octanol–water partition coefficient (Wildman–Crippen LogP) is 4.39. The van der Waals surface area contributed by atoms with E-state index in [9.17, 15) is 8.42 Å². The van der Waals surface area contributed by atoms with E-state index in [1.807, 2.05) is 32.9 Å². The summed E-state index contributed by atoms with van der Waals surface area (Å²) in [4.78, 5) is 2.61. The van der Waals surface area contributed by atoms with E-state index in [4.69, 9.17) is 4.52 Å². The molecule has 31 heavy (non-hydrogen) atoms. The highest BCUT2D eigenvalue weighted by molar-refractivity contribution is 7.89. The summed E-state index contributed by atoms with van der Waals surface area (Å²) in [7, 11) is -3.61. The third kappa shape index (κ3) is 4.00. The van der Waals surface area contributed by atoms with Crippen LogP contribution in [0.3, 0.4) is 0 Å². The van der Waals surface area contributed by atoms with Crippen molar-refractivity contribution in [1.29, 1.82) is 0 Å². The third-order valence-electron chi connectivity index (χ3n) is 6.17. The Morgan fingerprint density at radius 1 is 0.871 bits per heavy atom. The molecule has 4 rings (SSSR count). The normalized spacial score (nSPS) is 15.5. The zero-order valence-corrected chi connectivity index (χ0v) is 19.6. The Balaban J connectivity index is 1.59. The lowest BCUT2D eigenvalue weighted by Crippen LogP contribution is -2.49. The molecule has 1 fully saturated rings. The van der Waals surface area contributed by atoms with Gasteiger partial charge in [0.05, 0.1) is 10.6 Å². The van der Waals surface area contributed by atoms with Crippen LogP contribution in [0.2, 0.25) is 0 Å². The van der Waals surface area contributed by atoms with Crippen molar-refractivity contribution in [1.82, 2.24) is 9.46 Å². The maximum absolute atomic E-state index is 13.5. The molecule has 0 bridgehead atoms. The summed E-state index contributed by atoms with van der Waals surface area (Å²) in [6, 6.07) is 11.8. The lowest BCUT2D eigenvalue weighted by molar-refractivity contribution is 0.384. The number of hydrogen-bond donors (Lipinski definition) is 0. The first-order chi connectivity index (χ1) is 14.7. The van der Waals surface area contributed by atoms with Crippen molar-refractivity contribution in [2.75, 3.05) is 31.1 Å². The van der Waals surface area contributed by atoms with E-state index >= 15 is 0 Å². The number of anilines is 1. The molecule has 2 heterocycles. The number of rotatable bonds is 4. The monoisotopic (exact) mass is 439 g/mol. The average molecular weight is 440 g/mol. The summed E-state index contributed by atoms with van der Waals surface area (Å²) in [5.41, 5.74) is 6.80. The van der Waals surface area contributed by atoms with Crippen LogP contribution in [0.4, 0.5) is 5.69 Å². The summed E-state index contributed by atoms with van der Waals surface area (Å²) >= 11 is 0. The molecule has 0 radical (unpaired) electrons. The van der Waals surface area contributed by atoms with E-state index in [1.54, 1.807) is 10.4 Å². The van der Waals surface area contributed by atoms with Gasteiger partial charge < -0.3 is 9.42 Å². The topological polar surface area (TPSA) is 66.7 Å². The molecule has 1 saturated heterocycles. The molecule has 0 atom stereocenters. The zero-order valence-electron chi connectivity index (χ0n) is 18.8. The molecular weight excluding hydrogens is 410 g/mol. The van der Waals surface area contributed by atoms with Gasteiger partial charge in [0.1, 0.15) is 0 Å². The minimum Gasteiger partial charge on any atom is -0.369 e. The van der Waals surface area contributed by atoms with Gasteiger partial charge in [0.25, 0.3) is 0 Å². The van der Waals surface area contributed by atoms with Crippen molar-refractivity contribution < 1.29 is 12.9 Å². The van der Waals surface area contributed by atoms with Crippen molar-refractivity contribution in [3.05, 3.63) is 64.3 Å². The van der Waals surface area contributed by atoms with E-state index < -0.39 is 10.0 Å². The van der Waals surface area contributed by atoms with Gasteiger partial charge in [0.15, 0.2) is 5.76 Å². The van der Waals surface area contributed by atoms with Gasteiger partial charge in [0, 0.05) is 43.0 Å². The SMILES string of the molecule is Cc1ccc(C)c(N2CCN(S(=O)(=O)c3cc(-c4onc(C)c4C)ccc3C)CC2)c1. The molecule has 0 saturated carbocycles. The van der Waals surface area contributed by atoms with Gasteiger partial charge in [-0.25, -0.2) is 8.42 Å². The molecule has 0 unspecified atom stereocenters. The molecule has 164 valence electrons. The van der Waals surface area contributed by atoms with E-state index in [0.29, 0.717) is 36.8 Å². The third-order valence-corrected chi connectivity index (χ3v) is 8.21.